The van der Waals surface area contributed by atoms with Crippen molar-refractivity contribution in [2.24, 2.45) is 0 Å². The van der Waals surface area contributed by atoms with E-state index in [-0.39, 0.29) is 17.3 Å². The van der Waals surface area contributed by atoms with Crippen molar-refractivity contribution in [1.29, 1.82) is 0 Å². The van der Waals surface area contributed by atoms with Crippen LogP contribution in [0.3, 0.4) is 0 Å². The molecule has 7 nitrogen and oxygen atoms in total. The van der Waals surface area contributed by atoms with Gasteiger partial charge in [-0.15, -0.1) is 0 Å². The molecule has 0 bridgehead atoms. The average Bonchev–Trinajstić information content (AvgIpc) is 2.38. The fraction of sp³-hybridized carbons (Fsp3) is 0. The SMILES string of the molecule is O=C(O)c1cccc(Oc2ccc([N+](=O)[O-])c(F)c2)n1. The number of rotatable bonds is 4. The first-order chi connectivity index (χ1) is 9.47. The Morgan fingerprint density at radius 1 is 1.35 bits per heavy atom. The maximum atomic E-state index is 13.4. The number of nitro benzene ring substituents is 1. The normalized spacial score (nSPS) is 10.1. The van der Waals surface area contributed by atoms with Crippen LogP contribution in [-0.2, 0) is 0 Å². The number of ether oxygens (including phenoxy) is 1. The third-order valence-electron chi connectivity index (χ3n) is 2.28. The highest BCUT2D eigenvalue weighted by molar-refractivity contribution is 5.85. The number of nitro groups is 1. The highest BCUT2D eigenvalue weighted by Crippen LogP contribution is 2.25. The molecule has 0 saturated heterocycles. The highest BCUT2D eigenvalue weighted by atomic mass is 19.1. The first-order valence-electron chi connectivity index (χ1n) is 5.29. The Balaban J connectivity index is 2.26. The zero-order chi connectivity index (χ0) is 14.7. The lowest BCUT2D eigenvalue weighted by atomic mass is 10.3. The van der Waals surface area contributed by atoms with E-state index in [4.69, 9.17) is 9.84 Å². The average molecular weight is 278 g/mol. The molecule has 0 aliphatic carbocycles. The van der Waals surface area contributed by atoms with Gasteiger partial charge >= 0.3 is 11.7 Å². The van der Waals surface area contributed by atoms with Gasteiger partial charge in [-0.25, -0.2) is 9.78 Å². The van der Waals surface area contributed by atoms with Crippen molar-refractivity contribution < 1.29 is 24.0 Å². The number of hydrogen-bond donors (Lipinski definition) is 1. The van der Waals surface area contributed by atoms with Crippen LogP contribution >= 0.6 is 0 Å². The van der Waals surface area contributed by atoms with Crippen LogP contribution in [0, 0.1) is 15.9 Å². The molecule has 0 aliphatic rings. The van der Waals surface area contributed by atoms with Crippen LogP contribution < -0.4 is 4.74 Å². The molecule has 0 saturated carbocycles. The van der Waals surface area contributed by atoms with Crippen LogP contribution in [0.4, 0.5) is 10.1 Å². The molecule has 2 rings (SSSR count). The molecule has 8 heteroatoms. The largest absolute Gasteiger partial charge is 0.477 e. The van der Waals surface area contributed by atoms with Crippen LogP contribution in [0.25, 0.3) is 0 Å². The Labute approximate surface area is 111 Å². The van der Waals surface area contributed by atoms with Crippen molar-refractivity contribution in [3.8, 4) is 11.6 Å². The van der Waals surface area contributed by atoms with Crippen LogP contribution in [0.5, 0.6) is 11.6 Å². The topological polar surface area (TPSA) is 103 Å². The first kappa shape index (κ1) is 13.4. The summed E-state index contributed by atoms with van der Waals surface area (Å²) in [6, 6.07) is 7.03. The van der Waals surface area contributed by atoms with Crippen molar-refractivity contribution in [2.45, 2.75) is 0 Å². The van der Waals surface area contributed by atoms with E-state index in [0.717, 1.165) is 12.1 Å². The third kappa shape index (κ3) is 2.86. The Morgan fingerprint density at radius 3 is 2.70 bits per heavy atom. The summed E-state index contributed by atoms with van der Waals surface area (Å²) in [5, 5.41) is 19.2. The summed E-state index contributed by atoms with van der Waals surface area (Å²) in [4.78, 5) is 24.0. The van der Waals surface area contributed by atoms with Crippen molar-refractivity contribution in [1.82, 2.24) is 4.98 Å². The number of carboxylic acid groups (broad SMARTS) is 1. The number of carboxylic acids is 1. The Bertz CT molecular complexity index is 689. The van der Waals surface area contributed by atoms with Gasteiger partial charge in [-0.05, 0) is 12.1 Å². The van der Waals surface area contributed by atoms with E-state index in [9.17, 15) is 19.3 Å². The van der Waals surface area contributed by atoms with Gasteiger partial charge in [-0.3, -0.25) is 10.1 Å². The molecule has 0 radical (unpaired) electrons. The summed E-state index contributed by atoms with van der Waals surface area (Å²) in [5.74, 6) is -2.37. The third-order valence-corrected chi connectivity index (χ3v) is 2.28. The second kappa shape index (κ2) is 5.31. The number of halogens is 1. The van der Waals surface area contributed by atoms with Gasteiger partial charge in [0.2, 0.25) is 11.7 Å². The highest BCUT2D eigenvalue weighted by Gasteiger charge is 2.15. The lowest BCUT2D eigenvalue weighted by molar-refractivity contribution is -0.387. The molecule has 0 fully saturated rings. The number of benzene rings is 1. The van der Waals surface area contributed by atoms with Gasteiger partial charge in [0.25, 0.3) is 0 Å². The maximum Gasteiger partial charge on any atom is 0.354 e. The minimum Gasteiger partial charge on any atom is -0.477 e. The molecule has 0 unspecified atom stereocenters. The van der Waals surface area contributed by atoms with Gasteiger partial charge in [0, 0.05) is 18.2 Å². The number of nitrogens with zero attached hydrogens (tertiary/aromatic N) is 2. The number of pyridine rings is 1. The summed E-state index contributed by atoms with van der Waals surface area (Å²) in [6.07, 6.45) is 0. The fourth-order valence-corrected chi connectivity index (χ4v) is 1.41. The summed E-state index contributed by atoms with van der Waals surface area (Å²) in [5.41, 5.74) is -0.908. The predicted molar refractivity (Wildman–Crippen MR) is 64.3 cm³/mol. The minimum absolute atomic E-state index is 0.0249. The Kier molecular flexibility index (Phi) is 3.56. The van der Waals surface area contributed by atoms with Crippen LogP contribution in [0.15, 0.2) is 36.4 Å². The van der Waals surface area contributed by atoms with Gasteiger partial charge in [0.15, 0.2) is 5.69 Å². The van der Waals surface area contributed by atoms with Crippen molar-refractivity contribution in [3.63, 3.8) is 0 Å². The molecule has 1 aromatic carbocycles. The fourth-order valence-electron chi connectivity index (χ4n) is 1.41. The summed E-state index contributed by atoms with van der Waals surface area (Å²) in [7, 11) is 0. The van der Waals surface area contributed by atoms with Crippen LogP contribution in [-0.4, -0.2) is 21.0 Å². The maximum absolute atomic E-state index is 13.4. The standard InChI is InChI=1S/C12H7FN2O5/c13-8-6-7(4-5-10(8)15(18)19)20-11-3-1-2-9(14-11)12(16)17/h1-6H,(H,16,17). The zero-order valence-corrected chi connectivity index (χ0v) is 9.82. The van der Waals surface area contributed by atoms with Gasteiger partial charge in [0.1, 0.15) is 5.75 Å². The Hall–Kier alpha value is -3.03. The van der Waals surface area contributed by atoms with Crippen molar-refractivity contribution in [2.75, 3.05) is 0 Å². The molecule has 1 N–H and O–H groups in total. The van der Waals surface area contributed by atoms with E-state index in [2.05, 4.69) is 4.98 Å². The lowest BCUT2D eigenvalue weighted by Gasteiger charge is -2.05. The number of hydrogen-bond acceptors (Lipinski definition) is 5. The van der Waals surface area contributed by atoms with Gasteiger partial charge in [-0.1, -0.05) is 6.07 Å². The number of carbonyl (C=O) groups is 1. The molecular weight excluding hydrogens is 271 g/mol. The molecule has 1 heterocycles. The molecule has 20 heavy (non-hydrogen) atoms. The van der Waals surface area contributed by atoms with E-state index < -0.39 is 22.4 Å². The monoisotopic (exact) mass is 278 g/mol. The molecule has 1 aromatic heterocycles. The molecule has 0 spiro atoms. The molecule has 0 amide bonds. The molecular formula is C12H7FN2O5. The van der Waals surface area contributed by atoms with Gasteiger partial charge in [-0.2, -0.15) is 4.39 Å². The summed E-state index contributed by atoms with van der Waals surface area (Å²) in [6.45, 7) is 0. The molecule has 102 valence electrons. The molecule has 2 aromatic rings. The second-order valence-electron chi connectivity index (χ2n) is 3.64. The van der Waals surface area contributed by atoms with Crippen LogP contribution in [0.1, 0.15) is 10.5 Å². The van der Waals surface area contributed by atoms with Gasteiger partial charge < -0.3 is 9.84 Å². The zero-order valence-electron chi connectivity index (χ0n) is 9.82. The second-order valence-corrected chi connectivity index (χ2v) is 3.64. The van der Waals surface area contributed by atoms with Crippen molar-refractivity contribution >= 4 is 11.7 Å². The lowest BCUT2D eigenvalue weighted by Crippen LogP contribution is -2.01. The van der Waals surface area contributed by atoms with E-state index in [1.165, 1.54) is 24.3 Å². The van der Waals surface area contributed by atoms with Gasteiger partial charge in [0.05, 0.1) is 4.92 Å². The van der Waals surface area contributed by atoms with E-state index in [1.54, 1.807) is 0 Å². The van der Waals surface area contributed by atoms with E-state index in [1.807, 2.05) is 0 Å². The first-order valence-corrected chi connectivity index (χ1v) is 5.29. The summed E-state index contributed by atoms with van der Waals surface area (Å²) < 4.78 is 18.5. The van der Waals surface area contributed by atoms with E-state index in [0.29, 0.717) is 0 Å². The number of aromatic carboxylic acids is 1. The molecule has 0 aliphatic heterocycles. The number of aromatic nitrogens is 1. The predicted octanol–water partition coefficient (Wildman–Crippen LogP) is 2.62. The van der Waals surface area contributed by atoms with E-state index >= 15 is 0 Å². The Morgan fingerprint density at radius 2 is 2.10 bits per heavy atom. The van der Waals surface area contributed by atoms with Crippen LogP contribution in [0.2, 0.25) is 0 Å². The minimum atomic E-state index is -1.23. The van der Waals surface area contributed by atoms with Crippen molar-refractivity contribution in [3.05, 3.63) is 58.0 Å². The smallest absolute Gasteiger partial charge is 0.354 e. The summed E-state index contributed by atoms with van der Waals surface area (Å²) >= 11 is 0. The molecule has 0 atom stereocenters. The quantitative estimate of drug-likeness (QED) is 0.681.